The third kappa shape index (κ3) is 3.79. The lowest BCUT2D eigenvalue weighted by molar-refractivity contribution is -0.126. The largest absolute Gasteiger partial charge is 0.351 e. The molecule has 1 atom stereocenters. The Morgan fingerprint density at radius 2 is 2.37 bits per heavy atom. The molecule has 102 valence electrons. The molecular formula is C14H19N3OS. The quantitative estimate of drug-likeness (QED) is 0.915. The van der Waals surface area contributed by atoms with E-state index in [0.717, 1.165) is 25.9 Å². The molecule has 1 saturated heterocycles. The van der Waals surface area contributed by atoms with Gasteiger partial charge in [0, 0.05) is 23.9 Å². The van der Waals surface area contributed by atoms with Crippen LogP contribution < -0.4 is 5.32 Å². The lowest BCUT2D eigenvalue weighted by atomic mass is 9.95. The van der Waals surface area contributed by atoms with Crippen LogP contribution in [0.3, 0.4) is 0 Å². The number of piperidine rings is 1. The van der Waals surface area contributed by atoms with Gasteiger partial charge in [0.1, 0.15) is 0 Å². The molecule has 1 N–H and O–H groups in total. The summed E-state index contributed by atoms with van der Waals surface area (Å²) in [5, 5.41) is 13.9. The van der Waals surface area contributed by atoms with Crippen LogP contribution >= 0.6 is 11.3 Å². The summed E-state index contributed by atoms with van der Waals surface area (Å²) in [5.74, 6) is 0.250. The van der Waals surface area contributed by atoms with Crippen LogP contribution in [0, 0.1) is 17.2 Å². The molecule has 1 fully saturated rings. The SMILES string of the molecule is C[C@@H](C#N)N1CCC(C(=O)NCc2cccs2)CC1. The average Bonchev–Trinajstić information content (AvgIpc) is 2.97. The first-order chi connectivity index (χ1) is 9.20. The number of thiophene rings is 1. The molecule has 0 saturated carbocycles. The van der Waals surface area contributed by atoms with E-state index in [1.807, 2.05) is 24.4 Å². The van der Waals surface area contributed by atoms with Crippen molar-refractivity contribution in [1.29, 1.82) is 5.26 Å². The molecule has 1 amide bonds. The average molecular weight is 277 g/mol. The molecule has 0 radical (unpaired) electrons. The number of nitrogens with one attached hydrogen (secondary N) is 1. The molecule has 1 aliphatic heterocycles. The molecular weight excluding hydrogens is 258 g/mol. The number of rotatable bonds is 4. The molecule has 2 heterocycles. The van der Waals surface area contributed by atoms with Crippen LogP contribution in [-0.4, -0.2) is 29.9 Å². The van der Waals surface area contributed by atoms with Crippen LogP contribution in [-0.2, 0) is 11.3 Å². The molecule has 2 rings (SSSR count). The summed E-state index contributed by atoms with van der Waals surface area (Å²) in [6.07, 6.45) is 1.70. The zero-order valence-electron chi connectivity index (χ0n) is 11.1. The van der Waals surface area contributed by atoms with E-state index in [2.05, 4.69) is 16.3 Å². The minimum atomic E-state index is -0.0462. The number of hydrogen-bond acceptors (Lipinski definition) is 4. The Hall–Kier alpha value is -1.38. The highest BCUT2D eigenvalue weighted by Gasteiger charge is 2.26. The van der Waals surface area contributed by atoms with Crippen LogP contribution in [0.25, 0.3) is 0 Å². The highest BCUT2D eigenvalue weighted by molar-refractivity contribution is 7.09. The Bertz CT molecular complexity index is 444. The van der Waals surface area contributed by atoms with Gasteiger partial charge in [-0.15, -0.1) is 11.3 Å². The normalized spacial score (nSPS) is 18.7. The maximum Gasteiger partial charge on any atom is 0.223 e. The highest BCUT2D eigenvalue weighted by Crippen LogP contribution is 2.19. The monoisotopic (exact) mass is 277 g/mol. The van der Waals surface area contributed by atoms with Gasteiger partial charge in [0.2, 0.25) is 5.91 Å². The number of hydrogen-bond donors (Lipinski definition) is 1. The van der Waals surface area contributed by atoms with E-state index in [9.17, 15) is 4.79 Å². The standard InChI is InChI=1S/C14H19N3OS/c1-11(9-15)17-6-4-12(5-7-17)14(18)16-10-13-3-2-8-19-13/h2-3,8,11-12H,4-7,10H2,1H3,(H,16,18)/t11-/m0/s1. The first kappa shape index (κ1) is 14.0. The van der Waals surface area contributed by atoms with Crippen LogP contribution in [0.4, 0.5) is 0 Å². The van der Waals surface area contributed by atoms with Crippen molar-refractivity contribution in [3.63, 3.8) is 0 Å². The Kier molecular flexibility index (Phi) is 4.94. The van der Waals surface area contributed by atoms with Crippen LogP contribution in [0.15, 0.2) is 17.5 Å². The summed E-state index contributed by atoms with van der Waals surface area (Å²) in [6.45, 7) is 4.22. The molecule has 1 aromatic rings. The predicted molar refractivity (Wildman–Crippen MR) is 75.5 cm³/mol. The van der Waals surface area contributed by atoms with Crippen molar-refractivity contribution in [3.8, 4) is 6.07 Å². The third-order valence-electron chi connectivity index (χ3n) is 3.65. The molecule has 1 aliphatic rings. The van der Waals surface area contributed by atoms with Gasteiger partial charge in [-0.1, -0.05) is 6.07 Å². The molecule has 0 spiro atoms. The molecule has 0 aromatic carbocycles. The number of carbonyl (C=O) groups excluding carboxylic acids is 1. The number of amides is 1. The first-order valence-corrected chi connectivity index (χ1v) is 7.52. The first-order valence-electron chi connectivity index (χ1n) is 6.64. The Morgan fingerprint density at radius 3 is 2.95 bits per heavy atom. The summed E-state index contributed by atoms with van der Waals surface area (Å²) >= 11 is 1.66. The maximum absolute atomic E-state index is 12.0. The molecule has 0 aliphatic carbocycles. The fourth-order valence-electron chi connectivity index (χ4n) is 2.36. The summed E-state index contributed by atoms with van der Waals surface area (Å²) in [4.78, 5) is 15.4. The Balaban J connectivity index is 1.75. The highest BCUT2D eigenvalue weighted by atomic mass is 32.1. The van der Waals surface area contributed by atoms with Crippen molar-refractivity contribution in [2.24, 2.45) is 5.92 Å². The van der Waals surface area contributed by atoms with Gasteiger partial charge in [0.15, 0.2) is 0 Å². The second-order valence-electron chi connectivity index (χ2n) is 4.91. The molecule has 1 aromatic heterocycles. The second-order valence-corrected chi connectivity index (χ2v) is 5.94. The lowest BCUT2D eigenvalue weighted by Gasteiger charge is -2.32. The van der Waals surface area contributed by atoms with Gasteiger partial charge in [-0.3, -0.25) is 9.69 Å². The lowest BCUT2D eigenvalue weighted by Crippen LogP contribution is -2.43. The van der Waals surface area contributed by atoms with Crippen molar-refractivity contribution < 1.29 is 4.79 Å². The zero-order valence-corrected chi connectivity index (χ0v) is 11.9. The van der Waals surface area contributed by atoms with E-state index in [0.29, 0.717) is 6.54 Å². The fourth-order valence-corrected chi connectivity index (χ4v) is 3.01. The van der Waals surface area contributed by atoms with Gasteiger partial charge >= 0.3 is 0 Å². The van der Waals surface area contributed by atoms with E-state index in [1.165, 1.54) is 4.88 Å². The van der Waals surface area contributed by atoms with Crippen molar-refractivity contribution in [2.75, 3.05) is 13.1 Å². The van der Waals surface area contributed by atoms with Crippen molar-refractivity contribution in [2.45, 2.75) is 32.4 Å². The number of nitriles is 1. The Labute approximate surface area is 118 Å². The summed E-state index contributed by atoms with van der Waals surface area (Å²) < 4.78 is 0. The van der Waals surface area contributed by atoms with Gasteiger partial charge in [-0.05, 0) is 31.2 Å². The third-order valence-corrected chi connectivity index (χ3v) is 4.53. The number of carbonyl (C=O) groups is 1. The molecule has 0 bridgehead atoms. The minimum absolute atomic E-state index is 0.0462. The molecule has 0 unspecified atom stereocenters. The van der Waals surface area contributed by atoms with Gasteiger partial charge < -0.3 is 5.32 Å². The summed E-state index contributed by atoms with van der Waals surface area (Å²) in [7, 11) is 0. The summed E-state index contributed by atoms with van der Waals surface area (Å²) in [6, 6.07) is 6.23. The van der Waals surface area contributed by atoms with E-state index in [1.54, 1.807) is 11.3 Å². The Morgan fingerprint density at radius 1 is 1.63 bits per heavy atom. The second kappa shape index (κ2) is 6.69. The molecule has 5 heteroatoms. The van der Waals surface area contributed by atoms with E-state index < -0.39 is 0 Å². The van der Waals surface area contributed by atoms with Gasteiger partial charge in [-0.25, -0.2) is 0 Å². The summed E-state index contributed by atoms with van der Waals surface area (Å²) in [5.41, 5.74) is 0. The van der Waals surface area contributed by atoms with Crippen LogP contribution in [0.5, 0.6) is 0 Å². The molecule has 4 nitrogen and oxygen atoms in total. The zero-order chi connectivity index (χ0) is 13.7. The number of likely N-dealkylation sites (tertiary alicyclic amines) is 1. The van der Waals surface area contributed by atoms with Gasteiger partial charge in [-0.2, -0.15) is 5.26 Å². The van der Waals surface area contributed by atoms with Crippen LogP contribution in [0.1, 0.15) is 24.6 Å². The fraction of sp³-hybridized carbons (Fsp3) is 0.571. The smallest absolute Gasteiger partial charge is 0.223 e. The van der Waals surface area contributed by atoms with Crippen molar-refractivity contribution in [1.82, 2.24) is 10.2 Å². The number of nitrogens with zero attached hydrogens (tertiary/aromatic N) is 2. The predicted octanol–water partition coefficient (Wildman–Crippen LogP) is 1.99. The van der Waals surface area contributed by atoms with Crippen molar-refractivity contribution in [3.05, 3.63) is 22.4 Å². The van der Waals surface area contributed by atoms with Gasteiger partial charge in [0.05, 0.1) is 18.7 Å². The van der Waals surface area contributed by atoms with E-state index >= 15 is 0 Å². The molecule has 19 heavy (non-hydrogen) atoms. The van der Waals surface area contributed by atoms with E-state index in [-0.39, 0.29) is 17.9 Å². The van der Waals surface area contributed by atoms with Crippen molar-refractivity contribution >= 4 is 17.2 Å². The minimum Gasteiger partial charge on any atom is -0.351 e. The van der Waals surface area contributed by atoms with Crippen LogP contribution in [0.2, 0.25) is 0 Å². The van der Waals surface area contributed by atoms with E-state index in [4.69, 9.17) is 5.26 Å². The maximum atomic E-state index is 12.0. The topological polar surface area (TPSA) is 56.1 Å². The van der Waals surface area contributed by atoms with Gasteiger partial charge in [0.25, 0.3) is 0 Å².